The Morgan fingerprint density at radius 2 is 2.05 bits per heavy atom. The molecule has 0 aliphatic heterocycles. The zero-order valence-electron chi connectivity index (χ0n) is 12.1. The molecule has 0 bridgehead atoms. The van der Waals surface area contributed by atoms with Crippen LogP contribution in [0.1, 0.15) is 31.1 Å². The van der Waals surface area contributed by atoms with Crippen LogP contribution in [0.15, 0.2) is 24.3 Å². The highest BCUT2D eigenvalue weighted by molar-refractivity contribution is 5.94. The molecule has 1 aromatic rings. The standard InChI is InChI=1S/C15H21FN2O2/c1-11(2)10-18(12(3)19)8-7-17-15(20)13-5-4-6-14(16)9-13/h4-6,9,11H,7-8,10H2,1-3H3,(H,17,20). The van der Waals surface area contributed by atoms with Gasteiger partial charge in [-0.2, -0.15) is 0 Å². The van der Waals surface area contributed by atoms with Gasteiger partial charge in [-0.25, -0.2) is 4.39 Å². The molecular formula is C15H21FN2O2. The maximum Gasteiger partial charge on any atom is 0.251 e. The number of amides is 2. The van der Waals surface area contributed by atoms with Crippen LogP contribution in [0.4, 0.5) is 4.39 Å². The molecule has 0 aliphatic rings. The second-order valence-electron chi connectivity index (χ2n) is 5.13. The van der Waals surface area contributed by atoms with Gasteiger partial charge in [0.1, 0.15) is 5.82 Å². The molecule has 0 heterocycles. The van der Waals surface area contributed by atoms with Crippen LogP contribution in [0, 0.1) is 11.7 Å². The van der Waals surface area contributed by atoms with Crippen molar-refractivity contribution in [3.63, 3.8) is 0 Å². The summed E-state index contributed by atoms with van der Waals surface area (Å²) < 4.78 is 13.0. The van der Waals surface area contributed by atoms with E-state index in [2.05, 4.69) is 5.32 Å². The normalized spacial score (nSPS) is 10.4. The molecule has 4 nitrogen and oxygen atoms in total. The average Bonchev–Trinajstić information content (AvgIpc) is 2.36. The molecule has 20 heavy (non-hydrogen) atoms. The van der Waals surface area contributed by atoms with E-state index in [0.717, 1.165) is 0 Å². The number of benzene rings is 1. The summed E-state index contributed by atoms with van der Waals surface area (Å²) in [7, 11) is 0. The maximum absolute atomic E-state index is 13.0. The SMILES string of the molecule is CC(=O)N(CCNC(=O)c1cccc(F)c1)CC(C)C. The highest BCUT2D eigenvalue weighted by Gasteiger charge is 2.11. The van der Waals surface area contributed by atoms with Gasteiger partial charge in [0.2, 0.25) is 5.91 Å². The van der Waals surface area contributed by atoms with Crippen LogP contribution in [0.5, 0.6) is 0 Å². The van der Waals surface area contributed by atoms with Gasteiger partial charge in [-0.3, -0.25) is 9.59 Å². The summed E-state index contributed by atoms with van der Waals surface area (Å²) in [4.78, 5) is 24.9. The van der Waals surface area contributed by atoms with Crippen LogP contribution >= 0.6 is 0 Å². The zero-order valence-corrected chi connectivity index (χ0v) is 12.1. The topological polar surface area (TPSA) is 49.4 Å². The second-order valence-corrected chi connectivity index (χ2v) is 5.13. The van der Waals surface area contributed by atoms with Crippen molar-refractivity contribution in [3.8, 4) is 0 Å². The highest BCUT2D eigenvalue weighted by atomic mass is 19.1. The Morgan fingerprint density at radius 3 is 2.60 bits per heavy atom. The molecule has 2 amide bonds. The van der Waals surface area contributed by atoms with Gasteiger partial charge in [0, 0.05) is 32.1 Å². The molecule has 1 rings (SSSR count). The third kappa shape index (κ3) is 5.38. The van der Waals surface area contributed by atoms with Crippen LogP contribution in [-0.4, -0.2) is 36.3 Å². The number of nitrogens with zero attached hydrogens (tertiary/aromatic N) is 1. The van der Waals surface area contributed by atoms with Gasteiger partial charge in [-0.05, 0) is 24.1 Å². The van der Waals surface area contributed by atoms with Crippen molar-refractivity contribution in [2.45, 2.75) is 20.8 Å². The van der Waals surface area contributed by atoms with Gasteiger partial charge >= 0.3 is 0 Å². The van der Waals surface area contributed by atoms with Gasteiger partial charge in [0.05, 0.1) is 0 Å². The van der Waals surface area contributed by atoms with Crippen LogP contribution in [0.3, 0.4) is 0 Å². The van der Waals surface area contributed by atoms with E-state index in [4.69, 9.17) is 0 Å². The third-order valence-corrected chi connectivity index (χ3v) is 2.78. The lowest BCUT2D eigenvalue weighted by Gasteiger charge is -2.23. The Kier molecular flexibility index (Phi) is 6.15. The number of halogens is 1. The number of hydrogen-bond donors (Lipinski definition) is 1. The van der Waals surface area contributed by atoms with Crippen molar-refractivity contribution in [1.29, 1.82) is 0 Å². The smallest absolute Gasteiger partial charge is 0.251 e. The summed E-state index contributed by atoms with van der Waals surface area (Å²) >= 11 is 0. The molecule has 0 aliphatic carbocycles. The predicted molar refractivity (Wildman–Crippen MR) is 75.8 cm³/mol. The molecule has 0 unspecified atom stereocenters. The molecule has 0 atom stereocenters. The highest BCUT2D eigenvalue weighted by Crippen LogP contribution is 2.03. The minimum atomic E-state index is -0.442. The Bertz CT molecular complexity index is 475. The Balaban J connectivity index is 2.46. The number of hydrogen-bond acceptors (Lipinski definition) is 2. The Labute approximate surface area is 119 Å². The summed E-state index contributed by atoms with van der Waals surface area (Å²) in [5.74, 6) is -0.420. The largest absolute Gasteiger partial charge is 0.350 e. The second kappa shape index (κ2) is 7.62. The van der Waals surface area contributed by atoms with E-state index < -0.39 is 5.82 Å². The molecule has 5 heteroatoms. The van der Waals surface area contributed by atoms with Gasteiger partial charge in [-0.15, -0.1) is 0 Å². The van der Waals surface area contributed by atoms with E-state index >= 15 is 0 Å². The maximum atomic E-state index is 13.0. The number of carbonyl (C=O) groups excluding carboxylic acids is 2. The van der Waals surface area contributed by atoms with E-state index in [1.54, 1.807) is 11.0 Å². The van der Waals surface area contributed by atoms with Gasteiger partial charge in [0.25, 0.3) is 5.91 Å². The number of nitrogens with one attached hydrogen (secondary N) is 1. The fourth-order valence-electron chi connectivity index (χ4n) is 1.85. The van der Waals surface area contributed by atoms with Crippen molar-refractivity contribution < 1.29 is 14.0 Å². The van der Waals surface area contributed by atoms with Crippen LogP contribution in [0.25, 0.3) is 0 Å². The van der Waals surface area contributed by atoms with Crippen LogP contribution in [-0.2, 0) is 4.79 Å². The first kappa shape index (κ1) is 16.1. The molecule has 0 saturated heterocycles. The molecule has 0 fully saturated rings. The summed E-state index contributed by atoms with van der Waals surface area (Å²) in [6, 6.07) is 5.52. The molecule has 0 radical (unpaired) electrons. The summed E-state index contributed by atoms with van der Waals surface area (Å²) in [5, 5.41) is 2.69. The monoisotopic (exact) mass is 280 g/mol. The quantitative estimate of drug-likeness (QED) is 0.867. The van der Waals surface area contributed by atoms with Gasteiger partial charge < -0.3 is 10.2 Å². The van der Waals surface area contributed by atoms with Crippen molar-refractivity contribution in [3.05, 3.63) is 35.6 Å². The molecule has 0 aromatic heterocycles. The van der Waals surface area contributed by atoms with Crippen molar-refractivity contribution >= 4 is 11.8 Å². The lowest BCUT2D eigenvalue weighted by atomic mass is 10.2. The summed E-state index contributed by atoms with van der Waals surface area (Å²) in [6.45, 7) is 7.03. The van der Waals surface area contributed by atoms with Crippen LogP contribution in [0.2, 0.25) is 0 Å². The third-order valence-electron chi connectivity index (χ3n) is 2.78. The minimum absolute atomic E-state index is 0.0151. The summed E-state index contributed by atoms with van der Waals surface area (Å²) in [5.41, 5.74) is 0.281. The van der Waals surface area contributed by atoms with Crippen molar-refractivity contribution in [2.75, 3.05) is 19.6 Å². The molecule has 1 N–H and O–H groups in total. The minimum Gasteiger partial charge on any atom is -0.350 e. The fourth-order valence-corrected chi connectivity index (χ4v) is 1.85. The van der Waals surface area contributed by atoms with E-state index in [9.17, 15) is 14.0 Å². The predicted octanol–water partition coefficient (Wildman–Crippen LogP) is 2.06. The molecular weight excluding hydrogens is 259 g/mol. The van der Waals surface area contributed by atoms with Gasteiger partial charge in [0.15, 0.2) is 0 Å². The van der Waals surface area contributed by atoms with Crippen LogP contribution < -0.4 is 5.32 Å². The zero-order chi connectivity index (χ0) is 15.1. The molecule has 0 spiro atoms. The first-order valence-electron chi connectivity index (χ1n) is 6.69. The lowest BCUT2D eigenvalue weighted by molar-refractivity contribution is -0.129. The Morgan fingerprint density at radius 1 is 1.35 bits per heavy atom. The number of rotatable bonds is 6. The van der Waals surface area contributed by atoms with E-state index in [1.807, 2.05) is 13.8 Å². The average molecular weight is 280 g/mol. The first-order valence-corrected chi connectivity index (χ1v) is 6.69. The van der Waals surface area contributed by atoms with Crippen molar-refractivity contribution in [2.24, 2.45) is 5.92 Å². The first-order chi connectivity index (χ1) is 9.40. The molecule has 0 saturated carbocycles. The van der Waals surface area contributed by atoms with Gasteiger partial charge in [-0.1, -0.05) is 19.9 Å². The Hall–Kier alpha value is -1.91. The fraction of sp³-hybridized carbons (Fsp3) is 0.467. The molecule has 110 valence electrons. The summed E-state index contributed by atoms with van der Waals surface area (Å²) in [6.07, 6.45) is 0. The van der Waals surface area contributed by atoms with E-state index in [0.29, 0.717) is 25.6 Å². The molecule has 1 aromatic carbocycles. The van der Waals surface area contributed by atoms with Crippen molar-refractivity contribution in [1.82, 2.24) is 10.2 Å². The number of carbonyl (C=O) groups is 2. The van der Waals surface area contributed by atoms with E-state index in [-0.39, 0.29) is 17.4 Å². The lowest BCUT2D eigenvalue weighted by Crippen LogP contribution is -2.39. The van der Waals surface area contributed by atoms with E-state index in [1.165, 1.54) is 25.1 Å².